The third-order valence-electron chi connectivity index (χ3n) is 5.23. The average Bonchev–Trinajstić information content (AvgIpc) is 2.54. The first-order chi connectivity index (χ1) is 9.85. The molecule has 0 radical (unpaired) electrons. The van der Waals surface area contributed by atoms with E-state index in [2.05, 4.69) is 0 Å². The normalized spacial score (nSPS) is 41.2. The van der Waals surface area contributed by atoms with E-state index in [0.717, 1.165) is 6.42 Å². The van der Waals surface area contributed by atoms with Crippen LogP contribution in [0.5, 0.6) is 0 Å². The van der Waals surface area contributed by atoms with Gasteiger partial charge >= 0.3 is 5.97 Å². The van der Waals surface area contributed by atoms with Gasteiger partial charge in [-0.25, -0.2) is 0 Å². The number of carbonyl (C=O) groups excluding carboxylic acids is 3. The monoisotopic (exact) mass is 294 g/mol. The summed E-state index contributed by atoms with van der Waals surface area (Å²) in [6.07, 6.45) is 1.70. The molecule has 0 N–H and O–H groups in total. The number of ether oxygens (including phenoxy) is 2. The maximum atomic E-state index is 12.2. The molecule has 21 heavy (non-hydrogen) atoms. The van der Waals surface area contributed by atoms with Gasteiger partial charge in [0.2, 0.25) is 0 Å². The Kier molecular flexibility index (Phi) is 3.43. The van der Waals surface area contributed by atoms with E-state index in [0.29, 0.717) is 12.8 Å². The third kappa shape index (κ3) is 2.13. The van der Waals surface area contributed by atoms with Crippen molar-refractivity contribution in [3.63, 3.8) is 0 Å². The van der Waals surface area contributed by atoms with Gasteiger partial charge in [-0.1, -0.05) is 13.8 Å². The predicted molar refractivity (Wildman–Crippen MR) is 73.5 cm³/mol. The SMILES string of the molecule is CC(=O)[C@@]12CC(=O)C[C@@H]3[C@H]1[C@H](OC(=O)C(C)C)CC[C@@H]3O2. The Morgan fingerprint density at radius 3 is 2.67 bits per heavy atom. The summed E-state index contributed by atoms with van der Waals surface area (Å²) >= 11 is 0. The third-order valence-corrected chi connectivity index (χ3v) is 5.23. The summed E-state index contributed by atoms with van der Waals surface area (Å²) in [6, 6.07) is 0. The molecular formula is C16H22O5. The van der Waals surface area contributed by atoms with E-state index in [9.17, 15) is 14.4 Å². The molecule has 0 aromatic rings. The van der Waals surface area contributed by atoms with Crippen LogP contribution >= 0.6 is 0 Å². The second-order valence-corrected chi connectivity index (χ2v) is 6.92. The zero-order valence-corrected chi connectivity index (χ0v) is 12.8. The van der Waals surface area contributed by atoms with Crippen LogP contribution in [0, 0.1) is 17.8 Å². The van der Waals surface area contributed by atoms with Crippen LogP contribution in [0.25, 0.3) is 0 Å². The number of hydrogen-bond acceptors (Lipinski definition) is 5. The first kappa shape index (κ1) is 14.7. The maximum absolute atomic E-state index is 12.2. The Labute approximate surface area is 124 Å². The molecule has 1 heterocycles. The fourth-order valence-electron chi connectivity index (χ4n) is 4.28. The number of hydrogen-bond donors (Lipinski definition) is 0. The van der Waals surface area contributed by atoms with Gasteiger partial charge < -0.3 is 9.47 Å². The van der Waals surface area contributed by atoms with Crippen molar-refractivity contribution in [2.24, 2.45) is 17.8 Å². The van der Waals surface area contributed by atoms with Crippen molar-refractivity contribution in [1.29, 1.82) is 0 Å². The summed E-state index contributed by atoms with van der Waals surface area (Å²) < 4.78 is 11.7. The van der Waals surface area contributed by atoms with Gasteiger partial charge in [0, 0.05) is 24.7 Å². The van der Waals surface area contributed by atoms with E-state index < -0.39 is 5.60 Å². The Balaban J connectivity index is 1.92. The molecule has 5 heteroatoms. The molecule has 3 fully saturated rings. The van der Waals surface area contributed by atoms with Crippen LogP contribution < -0.4 is 0 Å². The number of rotatable bonds is 3. The van der Waals surface area contributed by atoms with Gasteiger partial charge in [0.05, 0.1) is 12.0 Å². The number of Topliss-reactive ketones (excluding diaryl/α,β-unsaturated/α-hetero) is 2. The van der Waals surface area contributed by atoms with Crippen LogP contribution in [0.2, 0.25) is 0 Å². The predicted octanol–water partition coefficient (Wildman–Crippen LogP) is 1.67. The number of ketones is 2. The van der Waals surface area contributed by atoms with Gasteiger partial charge in [-0.15, -0.1) is 0 Å². The lowest BCUT2D eigenvalue weighted by Crippen LogP contribution is -2.54. The van der Waals surface area contributed by atoms with Crippen molar-refractivity contribution >= 4 is 17.5 Å². The lowest BCUT2D eigenvalue weighted by atomic mass is 9.62. The van der Waals surface area contributed by atoms with E-state index in [-0.39, 0.29) is 53.9 Å². The lowest BCUT2D eigenvalue weighted by molar-refractivity contribution is -0.167. The van der Waals surface area contributed by atoms with Crippen molar-refractivity contribution in [2.45, 2.75) is 64.3 Å². The van der Waals surface area contributed by atoms with Crippen molar-refractivity contribution in [2.75, 3.05) is 0 Å². The second-order valence-electron chi connectivity index (χ2n) is 6.92. The van der Waals surface area contributed by atoms with Crippen LogP contribution in [0.15, 0.2) is 0 Å². The highest BCUT2D eigenvalue weighted by Gasteiger charge is 2.66. The molecular weight excluding hydrogens is 272 g/mol. The van der Waals surface area contributed by atoms with Crippen LogP contribution in [-0.4, -0.2) is 35.3 Å². The molecule has 5 atom stereocenters. The van der Waals surface area contributed by atoms with Gasteiger partial charge in [0.25, 0.3) is 0 Å². The molecule has 0 unspecified atom stereocenters. The highest BCUT2D eigenvalue weighted by Crippen LogP contribution is 2.56. The first-order valence-electron chi connectivity index (χ1n) is 7.76. The van der Waals surface area contributed by atoms with Gasteiger partial charge in [-0.3, -0.25) is 14.4 Å². The molecule has 0 amide bonds. The molecule has 0 aromatic heterocycles. The molecule has 4 bridgehead atoms. The van der Waals surface area contributed by atoms with Crippen molar-refractivity contribution in [3.05, 3.63) is 0 Å². The minimum atomic E-state index is -1.05. The van der Waals surface area contributed by atoms with Gasteiger partial charge in [-0.05, 0) is 19.8 Å². The minimum absolute atomic E-state index is 0.0221. The number of carbonyl (C=O) groups is 3. The molecule has 1 aliphatic heterocycles. The maximum Gasteiger partial charge on any atom is 0.308 e. The minimum Gasteiger partial charge on any atom is -0.462 e. The summed E-state index contributed by atoms with van der Waals surface area (Å²) in [5.41, 5.74) is -1.05. The molecule has 3 rings (SSSR count). The van der Waals surface area contributed by atoms with E-state index in [1.807, 2.05) is 0 Å². The highest BCUT2D eigenvalue weighted by molar-refractivity contribution is 5.94. The van der Waals surface area contributed by atoms with E-state index in [1.54, 1.807) is 13.8 Å². The summed E-state index contributed by atoms with van der Waals surface area (Å²) in [4.78, 5) is 36.1. The standard InChI is InChI=1S/C16H22O5/c1-8(2)15(19)20-13-5-4-12-11-6-10(18)7-16(21-12,9(3)17)14(11)13/h8,11-14H,4-7H2,1-3H3/t11-,12-,13+,14-,16-/m0/s1. The highest BCUT2D eigenvalue weighted by atomic mass is 16.6. The Morgan fingerprint density at radius 1 is 1.33 bits per heavy atom. The molecule has 0 spiro atoms. The smallest absolute Gasteiger partial charge is 0.308 e. The average molecular weight is 294 g/mol. The summed E-state index contributed by atoms with van der Waals surface area (Å²) in [6.45, 7) is 5.08. The van der Waals surface area contributed by atoms with Crippen molar-refractivity contribution in [1.82, 2.24) is 0 Å². The Hall–Kier alpha value is -1.23. The van der Waals surface area contributed by atoms with Gasteiger partial charge in [0.1, 0.15) is 17.5 Å². The van der Waals surface area contributed by atoms with Crippen LogP contribution in [0.3, 0.4) is 0 Å². The van der Waals surface area contributed by atoms with E-state index >= 15 is 0 Å². The van der Waals surface area contributed by atoms with Crippen LogP contribution in [0.1, 0.15) is 46.5 Å². The van der Waals surface area contributed by atoms with Crippen molar-refractivity contribution in [3.8, 4) is 0 Å². The Bertz CT molecular complexity index is 497. The zero-order chi connectivity index (χ0) is 15.4. The fourth-order valence-corrected chi connectivity index (χ4v) is 4.28. The van der Waals surface area contributed by atoms with Crippen LogP contribution in [0.4, 0.5) is 0 Å². The molecule has 116 valence electrons. The topological polar surface area (TPSA) is 69.7 Å². The van der Waals surface area contributed by atoms with Crippen LogP contribution in [-0.2, 0) is 23.9 Å². The number of esters is 1. The van der Waals surface area contributed by atoms with Crippen molar-refractivity contribution < 1.29 is 23.9 Å². The quantitative estimate of drug-likeness (QED) is 0.741. The molecule has 5 nitrogen and oxygen atoms in total. The Morgan fingerprint density at radius 2 is 2.05 bits per heavy atom. The zero-order valence-electron chi connectivity index (χ0n) is 12.8. The van der Waals surface area contributed by atoms with Gasteiger partial charge in [0.15, 0.2) is 5.78 Å². The summed E-state index contributed by atoms with van der Waals surface area (Å²) in [7, 11) is 0. The first-order valence-corrected chi connectivity index (χ1v) is 7.76. The molecule has 2 aliphatic carbocycles. The summed E-state index contributed by atoms with van der Waals surface area (Å²) in [5.74, 6) is -0.596. The lowest BCUT2D eigenvalue weighted by Gasteiger charge is -2.42. The second kappa shape index (κ2) is 4.90. The molecule has 3 aliphatic rings. The van der Waals surface area contributed by atoms with Gasteiger partial charge in [-0.2, -0.15) is 0 Å². The van der Waals surface area contributed by atoms with E-state index in [4.69, 9.17) is 9.47 Å². The fraction of sp³-hybridized carbons (Fsp3) is 0.812. The molecule has 2 saturated carbocycles. The molecule has 0 aromatic carbocycles. The van der Waals surface area contributed by atoms with E-state index in [1.165, 1.54) is 6.92 Å². The molecule has 1 saturated heterocycles. The largest absolute Gasteiger partial charge is 0.462 e. The summed E-state index contributed by atoms with van der Waals surface area (Å²) in [5, 5.41) is 0.